The van der Waals surface area contributed by atoms with Gasteiger partial charge in [0, 0.05) is 0 Å². The van der Waals surface area contributed by atoms with Crippen LogP contribution in [0.4, 0.5) is 10.1 Å². The number of rotatable bonds is 7. The number of carbonyl (C=O) groups is 1. The smallest absolute Gasteiger partial charge is 0.335 e. The van der Waals surface area contributed by atoms with Crippen LogP contribution in [-0.4, -0.2) is 17.3 Å². The Labute approximate surface area is 155 Å². The molecule has 2 N–H and O–H groups in total. The average Bonchev–Trinajstić information content (AvgIpc) is 2.69. The number of hydrogen-bond donors (Lipinski definition) is 2. The minimum absolute atomic E-state index is 0.192. The van der Waals surface area contributed by atoms with Crippen molar-refractivity contribution in [2.75, 3.05) is 5.43 Å². The van der Waals surface area contributed by atoms with Gasteiger partial charge in [-0.15, -0.1) is 0 Å². The summed E-state index contributed by atoms with van der Waals surface area (Å²) in [4.78, 5) is 10.9. The summed E-state index contributed by atoms with van der Waals surface area (Å²) in [7, 11) is 0. The van der Waals surface area contributed by atoms with Crippen molar-refractivity contribution in [2.24, 2.45) is 5.10 Å². The van der Waals surface area contributed by atoms with Gasteiger partial charge in [0.2, 0.25) is 0 Å². The van der Waals surface area contributed by atoms with Gasteiger partial charge in [-0.2, -0.15) is 5.10 Å². The van der Waals surface area contributed by atoms with Crippen LogP contribution in [0.1, 0.15) is 21.5 Å². The van der Waals surface area contributed by atoms with Crippen LogP contribution in [0.5, 0.6) is 5.75 Å². The maximum Gasteiger partial charge on any atom is 0.335 e. The molecule has 0 aromatic heterocycles. The second-order valence-electron chi connectivity index (χ2n) is 5.74. The maximum absolute atomic E-state index is 12.9. The van der Waals surface area contributed by atoms with Gasteiger partial charge >= 0.3 is 5.97 Å². The minimum atomic E-state index is -0.987. The van der Waals surface area contributed by atoms with Gasteiger partial charge in [0.15, 0.2) is 0 Å². The summed E-state index contributed by atoms with van der Waals surface area (Å²) < 4.78 is 18.5. The van der Waals surface area contributed by atoms with E-state index in [2.05, 4.69) is 10.5 Å². The first kappa shape index (κ1) is 18.1. The Hall–Kier alpha value is -3.67. The normalized spacial score (nSPS) is 10.7. The number of nitrogens with zero attached hydrogens (tertiary/aromatic N) is 1. The molecule has 0 radical (unpaired) electrons. The summed E-state index contributed by atoms with van der Waals surface area (Å²) in [6.07, 6.45) is 1.62. The molecule has 0 unspecified atom stereocenters. The van der Waals surface area contributed by atoms with E-state index in [9.17, 15) is 9.18 Å². The Kier molecular flexibility index (Phi) is 5.79. The lowest BCUT2D eigenvalue weighted by Crippen LogP contribution is -1.98. The van der Waals surface area contributed by atoms with E-state index in [1.54, 1.807) is 30.5 Å². The Balaban J connectivity index is 1.54. The van der Waals surface area contributed by atoms with Crippen LogP contribution in [0.3, 0.4) is 0 Å². The Morgan fingerprint density at radius 2 is 1.81 bits per heavy atom. The Morgan fingerprint density at radius 1 is 1.07 bits per heavy atom. The number of ether oxygens (including phenoxy) is 1. The zero-order valence-electron chi connectivity index (χ0n) is 14.3. The number of hydrogen-bond acceptors (Lipinski definition) is 4. The van der Waals surface area contributed by atoms with E-state index in [1.165, 1.54) is 24.3 Å². The van der Waals surface area contributed by atoms with E-state index >= 15 is 0 Å². The van der Waals surface area contributed by atoms with Crippen molar-refractivity contribution in [2.45, 2.75) is 6.61 Å². The van der Waals surface area contributed by atoms with Crippen LogP contribution in [0.2, 0.25) is 0 Å². The monoisotopic (exact) mass is 364 g/mol. The van der Waals surface area contributed by atoms with Crippen LogP contribution >= 0.6 is 0 Å². The predicted octanol–water partition coefficient (Wildman–Crippen LogP) is 4.55. The average molecular weight is 364 g/mol. The van der Waals surface area contributed by atoms with E-state index in [1.807, 2.05) is 24.3 Å². The fraction of sp³-hybridized carbons (Fsp3) is 0.0476. The summed E-state index contributed by atoms with van der Waals surface area (Å²) in [5.41, 5.74) is 5.32. The second-order valence-corrected chi connectivity index (χ2v) is 5.74. The van der Waals surface area contributed by atoms with Crippen molar-refractivity contribution in [3.05, 3.63) is 95.3 Å². The molecule has 0 heterocycles. The first-order chi connectivity index (χ1) is 13.1. The zero-order chi connectivity index (χ0) is 19.1. The number of benzene rings is 3. The lowest BCUT2D eigenvalue weighted by molar-refractivity contribution is 0.0697. The Morgan fingerprint density at radius 3 is 2.52 bits per heavy atom. The minimum Gasteiger partial charge on any atom is -0.489 e. The first-order valence-electron chi connectivity index (χ1n) is 8.20. The lowest BCUT2D eigenvalue weighted by atomic mass is 10.2. The molecule has 3 rings (SSSR count). The number of hydrazone groups is 1. The highest BCUT2D eigenvalue weighted by atomic mass is 19.1. The number of halogens is 1. The van der Waals surface area contributed by atoms with Crippen molar-refractivity contribution in [1.29, 1.82) is 0 Å². The molecule has 0 aliphatic rings. The molecule has 0 bridgehead atoms. The predicted molar refractivity (Wildman–Crippen MR) is 102 cm³/mol. The van der Waals surface area contributed by atoms with E-state index in [0.717, 1.165) is 11.1 Å². The van der Waals surface area contributed by atoms with Crippen molar-refractivity contribution in [3.63, 3.8) is 0 Å². The molecule has 136 valence electrons. The highest BCUT2D eigenvalue weighted by molar-refractivity contribution is 5.88. The highest BCUT2D eigenvalue weighted by Crippen LogP contribution is 2.14. The molecule has 5 nitrogen and oxygen atoms in total. The van der Waals surface area contributed by atoms with Gasteiger partial charge in [0.1, 0.15) is 18.2 Å². The van der Waals surface area contributed by atoms with Crippen LogP contribution in [-0.2, 0) is 6.61 Å². The molecule has 0 spiro atoms. The van der Waals surface area contributed by atoms with Gasteiger partial charge in [-0.3, -0.25) is 5.43 Å². The molecule has 0 aliphatic carbocycles. The summed E-state index contributed by atoms with van der Waals surface area (Å²) in [6.45, 7) is 0.356. The highest BCUT2D eigenvalue weighted by Gasteiger charge is 2.02. The molecule has 0 amide bonds. The summed E-state index contributed by atoms with van der Waals surface area (Å²) in [6, 6.07) is 19.9. The van der Waals surface area contributed by atoms with Gasteiger partial charge in [-0.05, 0) is 65.7 Å². The van der Waals surface area contributed by atoms with Gasteiger partial charge < -0.3 is 9.84 Å². The van der Waals surface area contributed by atoms with Crippen molar-refractivity contribution in [1.82, 2.24) is 0 Å². The van der Waals surface area contributed by atoms with Gasteiger partial charge in [-0.25, -0.2) is 9.18 Å². The van der Waals surface area contributed by atoms with E-state index in [4.69, 9.17) is 9.84 Å². The molecule has 0 saturated carbocycles. The number of carboxylic acid groups (broad SMARTS) is 1. The molecule has 6 heteroatoms. The van der Waals surface area contributed by atoms with Crippen LogP contribution in [0.15, 0.2) is 77.9 Å². The molecule has 0 atom stereocenters. The largest absolute Gasteiger partial charge is 0.489 e. The Bertz CT molecular complexity index is 938. The standard InChI is InChI=1S/C21H17FN2O3/c22-18-8-4-16(5-9-18)14-27-20-10-6-15(7-11-20)13-23-24-19-3-1-2-17(12-19)21(25)26/h1-13,24H,14H2,(H,25,26). The van der Waals surface area contributed by atoms with Gasteiger partial charge in [-0.1, -0.05) is 18.2 Å². The van der Waals surface area contributed by atoms with Gasteiger partial charge in [0.25, 0.3) is 0 Å². The number of anilines is 1. The molecular formula is C21H17FN2O3. The van der Waals surface area contributed by atoms with E-state index < -0.39 is 5.97 Å². The van der Waals surface area contributed by atoms with E-state index in [0.29, 0.717) is 18.0 Å². The number of aromatic carboxylic acids is 1. The third-order valence-electron chi connectivity index (χ3n) is 3.72. The lowest BCUT2D eigenvalue weighted by Gasteiger charge is -2.06. The topological polar surface area (TPSA) is 70.9 Å². The summed E-state index contributed by atoms with van der Waals surface area (Å²) in [5, 5.41) is 13.1. The summed E-state index contributed by atoms with van der Waals surface area (Å²) in [5.74, 6) is -0.567. The summed E-state index contributed by atoms with van der Waals surface area (Å²) >= 11 is 0. The van der Waals surface area contributed by atoms with Crippen molar-refractivity contribution < 1.29 is 19.0 Å². The van der Waals surface area contributed by atoms with Crippen LogP contribution < -0.4 is 10.2 Å². The number of carboxylic acids is 1. The molecule has 3 aromatic rings. The first-order valence-corrected chi connectivity index (χ1v) is 8.20. The molecule has 27 heavy (non-hydrogen) atoms. The zero-order valence-corrected chi connectivity index (χ0v) is 14.3. The second kappa shape index (κ2) is 8.62. The molecule has 3 aromatic carbocycles. The van der Waals surface area contributed by atoms with E-state index in [-0.39, 0.29) is 11.4 Å². The fourth-order valence-corrected chi connectivity index (χ4v) is 2.30. The molecular weight excluding hydrogens is 347 g/mol. The molecule has 0 fully saturated rings. The third kappa shape index (κ3) is 5.40. The third-order valence-corrected chi connectivity index (χ3v) is 3.72. The quantitative estimate of drug-likeness (QED) is 0.477. The van der Waals surface area contributed by atoms with Crippen molar-refractivity contribution >= 4 is 17.9 Å². The SMILES string of the molecule is O=C(O)c1cccc(NN=Cc2ccc(OCc3ccc(F)cc3)cc2)c1. The maximum atomic E-state index is 12.9. The van der Waals surface area contributed by atoms with Crippen LogP contribution in [0.25, 0.3) is 0 Å². The molecule has 0 aliphatic heterocycles. The van der Waals surface area contributed by atoms with Crippen LogP contribution in [0, 0.1) is 5.82 Å². The van der Waals surface area contributed by atoms with Gasteiger partial charge in [0.05, 0.1) is 17.5 Å². The number of nitrogens with one attached hydrogen (secondary N) is 1. The fourth-order valence-electron chi connectivity index (χ4n) is 2.30. The van der Waals surface area contributed by atoms with Crippen molar-refractivity contribution in [3.8, 4) is 5.75 Å². The molecule has 0 saturated heterocycles.